The van der Waals surface area contributed by atoms with Crippen molar-refractivity contribution in [1.29, 1.82) is 0 Å². The second-order valence-electron chi connectivity index (χ2n) is 9.53. The van der Waals surface area contributed by atoms with Crippen molar-refractivity contribution in [2.24, 2.45) is 28.6 Å². The lowest BCUT2D eigenvalue weighted by atomic mass is 9.45. The molecule has 7 atom stereocenters. The third-order valence-corrected chi connectivity index (χ3v) is 8.63. The largest absolute Gasteiger partial charge is 0.393 e. The first kappa shape index (κ1) is 18.3. The minimum Gasteiger partial charge on any atom is -0.393 e. The molecule has 4 nitrogen and oxygen atoms in total. The van der Waals surface area contributed by atoms with Crippen LogP contribution in [0.15, 0.2) is 11.6 Å². The van der Waals surface area contributed by atoms with E-state index in [0.29, 0.717) is 19.3 Å². The molecule has 0 aromatic rings. The molecular weight excluding hydrogens is 335 g/mol. The zero-order chi connectivity index (χ0) is 18.9. The van der Waals surface area contributed by atoms with Gasteiger partial charge in [-0.05, 0) is 67.8 Å². The average Bonchev–Trinajstić information content (AvgIpc) is 2.86. The standard InChI is InChI=1S/C21H29FO4/c1-19-7-5-13(23)9-12(19)3-4-14-15-6-8-21(26,17(25)11-22)20(15,2)10-16(24)18(14)19/h9,14-16,18,24,26H,3-8,10-11H2,1-2H3/t14-,15+,16+,18+,19-,20+,21-/m0/s1. The van der Waals surface area contributed by atoms with E-state index in [0.717, 1.165) is 24.8 Å². The van der Waals surface area contributed by atoms with Crippen LogP contribution in [0.4, 0.5) is 4.39 Å². The van der Waals surface area contributed by atoms with Gasteiger partial charge in [0.25, 0.3) is 0 Å². The van der Waals surface area contributed by atoms with E-state index < -0.39 is 29.6 Å². The van der Waals surface area contributed by atoms with Crippen molar-refractivity contribution >= 4 is 11.6 Å². The monoisotopic (exact) mass is 364 g/mol. The Hall–Kier alpha value is -1.07. The molecule has 3 fully saturated rings. The molecule has 0 bridgehead atoms. The summed E-state index contributed by atoms with van der Waals surface area (Å²) in [7, 11) is 0. The van der Waals surface area contributed by atoms with Gasteiger partial charge in [0, 0.05) is 11.8 Å². The minimum atomic E-state index is -1.67. The predicted octanol–water partition coefficient (Wildman–Crippen LogP) is 2.76. The Kier molecular flexibility index (Phi) is 4.02. The zero-order valence-electron chi connectivity index (χ0n) is 15.6. The molecule has 4 rings (SSSR count). The molecule has 0 amide bonds. The van der Waals surface area contributed by atoms with E-state index in [1.54, 1.807) is 6.08 Å². The summed E-state index contributed by atoms with van der Waals surface area (Å²) in [6.45, 7) is 2.88. The third kappa shape index (κ3) is 2.13. The van der Waals surface area contributed by atoms with E-state index >= 15 is 0 Å². The molecule has 5 heteroatoms. The average molecular weight is 364 g/mol. The van der Waals surface area contributed by atoms with Crippen molar-refractivity contribution in [2.75, 3.05) is 6.67 Å². The van der Waals surface area contributed by atoms with E-state index in [1.807, 2.05) is 6.92 Å². The van der Waals surface area contributed by atoms with Crippen LogP contribution in [0.1, 0.15) is 58.8 Å². The highest BCUT2D eigenvalue weighted by molar-refractivity contribution is 5.91. The molecule has 0 aliphatic heterocycles. The SMILES string of the molecule is C[C@]12CCC(=O)C=C1CC[C@@H]1[C@@H]2[C@H](O)C[C@]2(C)[C@@H]1CC[C@]2(O)C(=O)CF. The van der Waals surface area contributed by atoms with E-state index in [9.17, 15) is 24.2 Å². The summed E-state index contributed by atoms with van der Waals surface area (Å²) in [5.74, 6) is -0.224. The molecule has 0 aromatic carbocycles. The van der Waals surface area contributed by atoms with Crippen LogP contribution in [-0.2, 0) is 9.59 Å². The number of halogens is 1. The number of alkyl halides is 1. The van der Waals surface area contributed by atoms with Gasteiger partial charge in [0.1, 0.15) is 5.60 Å². The highest BCUT2D eigenvalue weighted by atomic mass is 19.1. The van der Waals surface area contributed by atoms with Gasteiger partial charge in [-0.15, -0.1) is 0 Å². The second kappa shape index (κ2) is 5.71. The Morgan fingerprint density at radius 3 is 2.69 bits per heavy atom. The Morgan fingerprint density at radius 1 is 1.27 bits per heavy atom. The smallest absolute Gasteiger partial charge is 0.195 e. The summed E-state index contributed by atoms with van der Waals surface area (Å²) in [6, 6.07) is 0. The van der Waals surface area contributed by atoms with Crippen molar-refractivity contribution < 1.29 is 24.2 Å². The molecule has 4 aliphatic rings. The maximum absolute atomic E-state index is 13.2. The van der Waals surface area contributed by atoms with Crippen molar-refractivity contribution in [3.05, 3.63) is 11.6 Å². The number of fused-ring (bicyclic) bond motifs is 5. The molecule has 0 radical (unpaired) electrons. The zero-order valence-corrected chi connectivity index (χ0v) is 15.6. The second-order valence-corrected chi connectivity index (χ2v) is 9.53. The lowest BCUT2D eigenvalue weighted by molar-refractivity contribution is -0.181. The van der Waals surface area contributed by atoms with E-state index in [1.165, 1.54) is 0 Å². The van der Waals surface area contributed by atoms with Crippen LogP contribution in [0.5, 0.6) is 0 Å². The lowest BCUT2D eigenvalue weighted by Crippen LogP contribution is -2.61. The molecule has 0 unspecified atom stereocenters. The van der Waals surface area contributed by atoms with Crippen LogP contribution in [0.3, 0.4) is 0 Å². The highest BCUT2D eigenvalue weighted by Gasteiger charge is 2.68. The normalized spacial score (nSPS) is 50.5. The van der Waals surface area contributed by atoms with E-state index in [2.05, 4.69) is 6.92 Å². The molecule has 0 spiro atoms. The van der Waals surface area contributed by atoms with Gasteiger partial charge in [0.15, 0.2) is 18.2 Å². The number of rotatable bonds is 2. The number of hydrogen-bond donors (Lipinski definition) is 2. The fraction of sp³-hybridized carbons (Fsp3) is 0.810. The quantitative estimate of drug-likeness (QED) is 0.790. The Balaban J connectivity index is 1.74. The topological polar surface area (TPSA) is 74.6 Å². The van der Waals surface area contributed by atoms with E-state index in [-0.39, 0.29) is 35.4 Å². The molecule has 0 aromatic heterocycles. The number of allylic oxidation sites excluding steroid dienone is 1. The molecule has 0 saturated heterocycles. The van der Waals surface area contributed by atoms with Gasteiger partial charge in [-0.1, -0.05) is 19.4 Å². The number of ketones is 2. The summed E-state index contributed by atoms with van der Waals surface area (Å²) >= 11 is 0. The predicted molar refractivity (Wildman–Crippen MR) is 94.0 cm³/mol. The van der Waals surface area contributed by atoms with Gasteiger partial charge in [0.2, 0.25) is 0 Å². The van der Waals surface area contributed by atoms with Crippen LogP contribution < -0.4 is 0 Å². The lowest BCUT2D eigenvalue weighted by Gasteiger charge is -2.60. The summed E-state index contributed by atoms with van der Waals surface area (Å²) < 4.78 is 13.2. The summed E-state index contributed by atoms with van der Waals surface area (Å²) in [5, 5.41) is 22.2. The summed E-state index contributed by atoms with van der Waals surface area (Å²) in [5.41, 5.74) is -1.48. The molecule has 26 heavy (non-hydrogen) atoms. The van der Waals surface area contributed by atoms with E-state index in [4.69, 9.17) is 0 Å². The van der Waals surface area contributed by atoms with Crippen molar-refractivity contribution in [3.8, 4) is 0 Å². The Bertz CT molecular complexity index is 687. The van der Waals surface area contributed by atoms with Crippen LogP contribution in [0.25, 0.3) is 0 Å². The molecular formula is C21H29FO4. The minimum absolute atomic E-state index is 0.0384. The molecule has 3 saturated carbocycles. The van der Waals surface area contributed by atoms with Crippen LogP contribution in [-0.4, -0.2) is 40.2 Å². The van der Waals surface area contributed by atoms with Gasteiger partial charge in [-0.2, -0.15) is 0 Å². The van der Waals surface area contributed by atoms with Crippen molar-refractivity contribution in [1.82, 2.24) is 0 Å². The van der Waals surface area contributed by atoms with Crippen LogP contribution in [0, 0.1) is 28.6 Å². The van der Waals surface area contributed by atoms with Gasteiger partial charge < -0.3 is 10.2 Å². The number of carbonyl (C=O) groups is 2. The molecule has 4 aliphatic carbocycles. The third-order valence-electron chi connectivity index (χ3n) is 8.63. The number of aliphatic hydroxyl groups is 2. The van der Waals surface area contributed by atoms with Crippen molar-refractivity contribution in [2.45, 2.75) is 70.5 Å². The summed E-state index contributed by atoms with van der Waals surface area (Å²) in [4.78, 5) is 24.1. The first-order chi connectivity index (χ1) is 12.2. The van der Waals surface area contributed by atoms with Crippen LogP contribution >= 0.6 is 0 Å². The first-order valence-corrected chi connectivity index (χ1v) is 9.91. The maximum atomic E-state index is 13.2. The highest BCUT2D eigenvalue weighted by Crippen LogP contribution is 2.67. The fourth-order valence-corrected chi connectivity index (χ4v) is 7.26. The Labute approximate surface area is 153 Å². The van der Waals surface area contributed by atoms with Gasteiger partial charge in [0.05, 0.1) is 6.10 Å². The van der Waals surface area contributed by atoms with Gasteiger partial charge in [-0.25, -0.2) is 4.39 Å². The number of aliphatic hydroxyl groups excluding tert-OH is 1. The molecule has 0 heterocycles. The van der Waals surface area contributed by atoms with Crippen molar-refractivity contribution in [3.63, 3.8) is 0 Å². The van der Waals surface area contributed by atoms with Gasteiger partial charge >= 0.3 is 0 Å². The summed E-state index contributed by atoms with van der Waals surface area (Å²) in [6.07, 6.45) is 5.39. The Morgan fingerprint density at radius 2 is 2.00 bits per heavy atom. The maximum Gasteiger partial charge on any atom is 0.195 e. The first-order valence-electron chi connectivity index (χ1n) is 9.91. The number of Topliss-reactive ketones (excluding diaryl/α,β-unsaturated/α-hetero) is 1. The molecule has 2 N–H and O–H groups in total. The molecule has 144 valence electrons. The van der Waals surface area contributed by atoms with Gasteiger partial charge in [-0.3, -0.25) is 9.59 Å². The number of carbonyl (C=O) groups excluding carboxylic acids is 2. The fourth-order valence-electron chi connectivity index (χ4n) is 7.26. The van der Waals surface area contributed by atoms with Crippen LogP contribution in [0.2, 0.25) is 0 Å². The number of hydrogen-bond acceptors (Lipinski definition) is 4.